The third-order valence-electron chi connectivity index (χ3n) is 10.1. The smallest absolute Gasteiger partial charge is 0.305 e. The minimum Gasteiger partial charge on any atom is -0.469 e. The molecule has 1 amide bonds. The highest BCUT2D eigenvalue weighted by Gasteiger charge is 2.57. The van der Waals surface area contributed by atoms with E-state index in [2.05, 4.69) is 23.9 Å². The molecule has 0 aliphatic carbocycles. The molecule has 0 aromatic heterocycles. The minimum atomic E-state index is -1.61. The fraction of sp³-hybridized carbons (Fsp3) is 0.938. The first-order valence-corrected chi connectivity index (χ1v) is 16.2. The van der Waals surface area contributed by atoms with Crippen molar-refractivity contribution in [2.24, 2.45) is 17.3 Å². The molecule has 0 aromatic carbocycles. The predicted octanol–water partition coefficient (Wildman–Crippen LogP) is 3.05. The van der Waals surface area contributed by atoms with E-state index in [1.54, 1.807) is 7.11 Å². The van der Waals surface area contributed by atoms with E-state index in [1.165, 1.54) is 14.2 Å². The number of aliphatic hydroxyl groups is 2. The molecule has 0 aromatic rings. The summed E-state index contributed by atoms with van der Waals surface area (Å²) in [6, 6.07) is 0. The molecule has 12 heteroatoms. The lowest BCUT2D eigenvalue weighted by Gasteiger charge is -2.54. The summed E-state index contributed by atoms with van der Waals surface area (Å²) in [6.07, 6.45) is 0.857. The van der Waals surface area contributed by atoms with Crippen LogP contribution in [0.15, 0.2) is 0 Å². The maximum atomic E-state index is 13.5. The summed E-state index contributed by atoms with van der Waals surface area (Å²) in [7, 11) is 4.45. The van der Waals surface area contributed by atoms with Crippen molar-refractivity contribution in [3.05, 3.63) is 0 Å². The number of carbonyl (C=O) groups excluding carboxylic acids is 2. The molecule has 11 atom stereocenters. The molecule has 3 aliphatic rings. The van der Waals surface area contributed by atoms with E-state index in [4.69, 9.17) is 28.4 Å². The van der Waals surface area contributed by atoms with Gasteiger partial charge >= 0.3 is 5.97 Å². The second kappa shape index (κ2) is 16.4. The quantitative estimate of drug-likeness (QED) is 0.181. The van der Waals surface area contributed by atoms with E-state index in [1.807, 2.05) is 20.8 Å². The summed E-state index contributed by atoms with van der Waals surface area (Å²) < 4.78 is 40.6. The van der Waals surface area contributed by atoms with Crippen LogP contribution >= 0.6 is 0 Å². The molecular weight excluding hydrogens is 574 g/mol. The standard InChI is InChI=1S/C32H57NO11/c1-19-17-32(40-8,44-21(3)20(19)2)27(36)29(37)33-30-26-25(41-18-42-30)28(39-7)31(4,5)23(43-26)16-22(34)14-12-10-9-11-13-15-24(35)38-6/h19-23,25-28,30,34,36H,9-18H2,1-8H3,(H,33,37)/t19?,20-,21-,22-,23-,25+,26+,27-,28-,30-,32-/m1/s1. The van der Waals surface area contributed by atoms with Gasteiger partial charge in [0.1, 0.15) is 19.0 Å². The van der Waals surface area contributed by atoms with E-state index < -0.39 is 60.0 Å². The number of carbonyl (C=O) groups is 2. The van der Waals surface area contributed by atoms with Gasteiger partial charge in [0.25, 0.3) is 5.91 Å². The summed E-state index contributed by atoms with van der Waals surface area (Å²) in [6.45, 7) is 10.0. The highest BCUT2D eigenvalue weighted by atomic mass is 16.7. The number of rotatable bonds is 15. The van der Waals surface area contributed by atoms with Crippen LogP contribution in [0.3, 0.4) is 0 Å². The van der Waals surface area contributed by atoms with Gasteiger partial charge in [-0.2, -0.15) is 0 Å². The third kappa shape index (κ3) is 8.70. The first-order chi connectivity index (χ1) is 20.8. The lowest BCUT2D eigenvalue weighted by molar-refractivity contribution is -0.334. The number of ether oxygens (including phenoxy) is 7. The molecule has 3 fully saturated rings. The van der Waals surface area contributed by atoms with Gasteiger partial charge in [0.05, 0.1) is 31.5 Å². The van der Waals surface area contributed by atoms with Gasteiger partial charge in [0, 0.05) is 38.9 Å². The van der Waals surface area contributed by atoms with Gasteiger partial charge in [0.2, 0.25) is 5.79 Å². The number of nitrogens with one attached hydrogen (secondary N) is 1. The fourth-order valence-corrected chi connectivity index (χ4v) is 6.91. The second-order valence-electron chi connectivity index (χ2n) is 13.5. The van der Waals surface area contributed by atoms with Crippen LogP contribution in [0.1, 0.15) is 92.4 Å². The number of hydrogen-bond donors (Lipinski definition) is 3. The Kier molecular flexibility index (Phi) is 13.9. The van der Waals surface area contributed by atoms with E-state index in [0.29, 0.717) is 25.7 Å². The lowest BCUT2D eigenvalue weighted by Crippen LogP contribution is -2.69. The van der Waals surface area contributed by atoms with Gasteiger partial charge in [-0.15, -0.1) is 0 Å². The fourth-order valence-electron chi connectivity index (χ4n) is 6.91. The van der Waals surface area contributed by atoms with E-state index >= 15 is 0 Å². The Hall–Kier alpha value is -1.38. The molecule has 0 saturated carbocycles. The van der Waals surface area contributed by atoms with Gasteiger partial charge in [-0.25, -0.2) is 0 Å². The van der Waals surface area contributed by atoms with Crippen molar-refractivity contribution < 1.29 is 53.0 Å². The average Bonchev–Trinajstić information content (AvgIpc) is 2.99. The average molecular weight is 632 g/mol. The van der Waals surface area contributed by atoms with Crippen LogP contribution in [-0.4, -0.2) is 105 Å². The number of unbranched alkanes of at least 4 members (excludes halogenated alkanes) is 4. The molecule has 1 unspecified atom stereocenters. The summed E-state index contributed by atoms with van der Waals surface area (Å²) in [5, 5.41) is 25.0. The zero-order valence-electron chi connectivity index (χ0n) is 27.9. The molecule has 0 spiro atoms. The Morgan fingerprint density at radius 1 is 0.977 bits per heavy atom. The van der Waals surface area contributed by atoms with Crippen LogP contribution in [0.4, 0.5) is 0 Å². The Labute approximate surface area is 262 Å². The van der Waals surface area contributed by atoms with Crippen LogP contribution in [0.2, 0.25) is 0 Å². The Bertz CT molecular complexity index is 905. The number of amides is 1. The molecule has 44 heavy (non-hydrogen) atoms. The van der Waals surface area contributed by atoms with Gasteiger partial charge < -0.3 is 48.7 Å². The van der Waals surface area contributed by atoms with Crippen molar-refractivity contribution in [3.63, 3.8) is 0 Å². The molecule has 3 N–H and O–H groups in total. The number of hydrogen-bond acceptors (Lipinski definition) is 11. The van der Waals surface area contributed by atoms with Crippen LogP contribution in [0, 0.1) is 17.3 Å². The molecule has 256 valence electrons. The number of aliphatic hydroxyl groups excluding tert-OH is 2. The number of methoxy groups -OCH3 is 3. The van der Waals surface area contributed by atoms with Gasteiger partial charge in [-0.05, 0) is 31.6 Å². The van der Waals surface area contributed by atoms with Gasteiger partial charge in [0.15, 0.2) is 12.3 Å². The predicted molar refractivity (Wildman–Crippen MR) is 160 cm³/mol. The largest absolute Gasteiger partial charge is 0.469 e. The van der Waals surface area contributed by atoms with Crippen LogP contribution in [0.5, 0.6) is 0 Å². The van der Waals surface area contributed by atoms with Crippen molar-refractivity contribution in [2.45, 2.75) is 147 Å². The molecule has 3 rings (SSSR count). The van der Waals surface area contributed by atoms with Crippen LogP contribution < -0.4 is 5.32 Å². The van der Waals surface area contributed by atoms with Crippen LogP contribution in [-0.2, 0) is 42.7 Å². The summed E-state index contributed by atoms with van der Waals surface area (Å²) >= 11 is 0. The van der Waals surface area contributed by atoms with Crippen molar-refractivity contribution in [2.75, 3.05) is 28.1 Å². The molecule has 0 radical (unpaired) electrons. The molecule has 0 bridgehead atoms. The van der Waals surface area contributed by atoms with Crippen molar-refractivity contribution in [1.82, 2.24) is 5.32 Å². The SMILES string of the molecule is COC(=O)CCCCCCC[C@@H](O)C[C@H]1O[C@H]2[C@H](OCO[C@H]2NC(=O)[C@@H](O)[C@@]2(OC)CC(C)[C@@H](C)[C@@H](C)O2)[C@@H](OC)C1(C)C. The van der Waals surface area contributed by atoms with Crippen molar-refractivity contribution in [1.29, 1.82) is 0 Å². The third-order valence-corrected chi connectivity index (χ3v) is 10.1. The van der Waals surface area contributed by atoms with E-state index in [-0.39, 0.29) is 30.7 Å². The molecular formula is C32H57NO11. The Morgan fingerprint density at radius 3 is 2.30 bits per heavy atom. The molecule has 3 saturated heterocycles. The van der Waals surface area contributed by atoms with Crippen molar-refractivity contribution in [3.8, 4) is 0 Å². The first kappa shape index (κ1) is 37.1. The first-order valence-electron chi connectivity index (χ1n) is 16.2. The highest BCUT2D eigenvalue weighted by molar-refractivity contribution is 5.82. The second-order valence-corrected chi connectivity index (χ2v) is 13.5. The molecule has 12 nitrogen and oxygen atoms in total. The monoisotopic (exact) mass is 631 g/mol. The zero-order valence-corrected chi connectivity index (χ0v) is 27.9. The summed E-state index contributed by atoms with van der Waals surface area (Å²) in [4.78, 5) is 24.7. The van der Waals surface area contributed by atoms with Crippen LogP contribution in [0.25, 0.3) is 0 Å². The summed E-state index contributed by atoms with van der Waals surface area (Å²) in [5.41, 5.74) is -0.519. The highest BCUT2D eigenvalue weighted by Crippen LogP contribution is 2.44. The zero-order chi connectivity index (χ0) is 32.7. The molecule has 3 heterocycles. The normalized spacial score (nSPS) is 36.6. The van der Waals surface area contributed by atoms with E-state index in [9.17, 15) is 19.8 Å². The number of fused-ring (bicyclic) bond motifs is 1. The molecule has 3 aliphatic heterocycles. The maximum Gasteiger partial charge on any atom is 0.305 e. The topological polar surface area (TPSA) is 151 Å². The lowest BCUT2D eigenvalue weighted by atomic mass is 9.72. The Balaban J connectivity index is 1.62. The Morgan fingerprint density at radius 2 is 1.66 bits per heavy atom. The number of esters is 1. The minimum absolute atomic E-state index is 0.0913. The maximum absolute atomic E-state index is 13.5. The summed E-state index contributed by atoms with van der Waals surface area (Å²) in [5.74, 6) is -1.97. The van der Waals surface area contributed by atoms with Crippen molar-refractivity contribution >= 4 is 11.9 Å². The van der Waals surface area contributed by atoms with E-state index in [0.717, 1.165) is 32.1 Å². The van der Waals surface area contributed by atoms with Gasteiger partial charge in [-0.3, -0.25) is 9.59 Å². The van der Waals surface area contributed by atoms with Gasteiger partial charge in [-0.1, -0.05) is 53.4 Å².